The number of nitrogens with two attached hydrogens (primary N) is 1. The van der Waals surface area contributed by atoms with Crippen LogP contribution in [-0.2, 0) is 23.1 Å². The number of aromatic nitrogens is 1. The van der Waals surface area contributed by atoms with E-state index in [4.69, 9.17) is 15.9 Å². The summed E-state index contributed by atoms with van der Waals surface area (Å²) in [5, 5.41) is 20.6. The maximum absolute atomic E-state index is 9.09. The first kappa shape index (κ1) is 15.8. The van der Waals surface area contributed by atoms with Gasteiger partial charge in [-0.15, -0.1) is 0 Å². The van der Waals surface area contributed by atoms with Crippen LogP contribution in [0.1, 0.15) is 16.8 Å². The van der Waals surface area contributed by atoms with Crippen molar-refractivity contribution in [1.29, 1.82) is 0 Å². The van der Waals surface area contributed by atoms with Crippen LogP contribution in [0.5, 0.6) is 5.75 Å². The van der Waals surface area contributed by atoms with Crippen molar-refractivity contribution in [3.63, 3.8) is 0 Å². The van der Waals surface area contributed by atoms with Gasteiger partial charge in [-0.25, -0.2) is 0 Å². The Kier molecular flexibility index (Phi) is 6.64. The van der Waals surface area contributed by atoms with Crippen LogP contribution in [0.4, 0.5) is 0 Å². The molecule has 1 aromatic heterocycles. The average molecular weight is 300 g/mol. The number of hydrogen-bond donors (Lipinski definition) is 3. The molecule has 6 nitrogen and oxygen atoms in total. The second kappa shape index (κ2) is 7.16. The molecule has 0 atom stereocenters. The molecule has 8 heteroatoms. The van der Waals surface area contributed by atoms with E-state index in [-0.39, 0.29) is 34.0 Å². The molecule has 0 bridgehead atoms. The third-order valence-corrected chi connectivity index (χ3v) is 2.02. The van der Waals surface area contributed by atoms with Gasteiger partial charge in [0, 0.05) is 11.8 Å². The Bertz CT molecular complexity index is 439. The number of hydrazone groups is 1. The fourth-order valence-electron chi connectivity index (χ4n) is 1.10. The van der Waals surface area contributed by atoms with Crippen LogP contribution < -0.4 is 11.2 Å². The fourth-order valence-corrected chi connectivity index (χ4v) is 1.15. The normalized spacial score (nSPS) is 10.0. The van der Waals surface area contributed by atoms with Gasteiger partial charge in [0.05, 0.1) is 18.4 Å². The second-order valence-electron chi connectivity index (χ2n) is 3.05. The Labute approximate surface area is 114 Å². The predicted octanol–water partition coefficient (Wildman–Crippen LogP) is -0.515. The Hall–Kier alpha value is -1.24. The van der Waals surface area contributed by atoms with Gasteiger partial charge in [0.2, 0.25) is 0 Å². The standard InChI is InChI=1S/C9H12N4O2S.Ni/c1-5-8(15)7(3-12-13-9(10)16)6(4-14)2-11-5;/h2-3,14-15H,4H2,1H3,(H3,10,13,16);/q;+2/p+1. The van der Waals surface area contributed by atoms with E-state index in [9.17, 15) is 0 Å². The summed E-state index contributed by atoms with van der Waals surface area (Å²) in [4.78, 5) is 3.97. The van der Waals surface area contributed by atoms with Crippen LogP contribution >= 0.6 is 12.2 Å². The van der Waals surface area contributed by atoms with Crippen molar-refractivity contribution in [2.75, 3.05) is 0 Å². The summed E-state index contributed by atoms with van der Waals surface area (Å²) in [5.74, 6) is 0.222. The van der Waals surface area contributed by atoms with Crippen molar-refractivity contribution >= 4 is 23.5 Å². The zero-order valence-electron chi connectivity index (χ0n) is 9.01. The molecule has 6 N–H and O–H groups in total. The van der Waals surface area contributed by atoms with Gasteiger partial charge in [0.15, 0.2) is 5.11 Å². The van der Waals surface area contributed by atoms with Gasteiger partial charge in [-0.3, -0.25) is 10.4 Å². The van der Waals surface area contributed by atoms with Crippen molar-refractivity contribution in [2.24, 2.45) is 10.8 Å². The predicted molar refractivity (Wildman–Crippen MR) is 65.5 cm³/mol. The fraction of sp³-hybridized carbons (Fsp3) is 0.222. The first-order chi connectivity index (χ1) is 7.56. The van der Waals surface area contributed by atoms with Crippen LogP contribution in [-0.4, -0.2) is 26.5 Å². The second-order valence-corrected chi connectivity index (χ2v) is 3.49. The number of pyridine rings is 1. The summed E-state index contributed by atoms with van der Waals surface area (Å²) in [6.45, 7) is 1.51. The minimum absolute atomic E-state index is 0. The molecule has 17 heavy (non-hydrogen) atoms. The van der Waals surface area contributed by atoms with Crippen molar-refractivity contribution in [1.82, 2.24) is 10.4 Å². The molecule has 0 saturated heterocycles. The van der Waals surface area contributed by atoms with E-state index in [1.807, 2.05) is 0 Å². The molecular weight excluding hydrogens is 287 g/mol. The Balaban J connectivity index is 0.00000256. The maximum atomic E-state index is 9.09. The average Bonchev–Trinajstić information content (AvgIpc) is 2.24. The van der Waals surface area contributed by atoms with Crippen molar-refractivity contribution in [3.8, 4) is 5.75 Å². The number of nitrogens with one attached hydrogen (secondary N) is 1. The van der Waals surface area contributed by atoms with Gasteiger partial charge in [0.1, 0.15) is 5.69 Å². The minimum Gasteiger partial charge on any atom is -0.592 e. The number of rotatable bonds is 3. The topological polar surface area (TPSA) is 106 Å². The zero-order valence-corrected chi connectivity index (χ0v) is 10.8. The molecule has 0 spiro atoms. The first-order valence-electron chi connectivity index (χ1n) is 4.45. The summed E-state index contributed by atoms with van der Waals surface area (Å²) in [7, 11) is 0. The monoisotopic (exact) mass is 299 g/mol. The molecule has 0 aromatic carbocycles. The molecule has 1 heterocycles. The van der Waals surface area contributed by atoms with Crippen molar-refractivity contribution < 1.29 is 26.7 Å². The summed E-state index contributed by atoms with van der Waals surface area (Å²) in [6.07, 6.45) is 2.90. The molecule has 0 amide bonds. The number of nitrogens with zero attached hydrogens (tertiary/aromatic N) is 2. The van der Waals surface area contributed by atoms with E-state index < -0.39 is 0 Å². The molecule has 0 fully saturated rings. The van der Waals surface area contributed by atoms with Gasteiger partial charge in [-0.05, 0) is 19.1 Å². The summed E-state index contributed by atoms with van der Waals surface area (Å²) < 4.78 is 0. The van der Waals surface area contributed by atoms with Crippen LogP contribution in [0.2, 0.25) is 0 Å². The van der Waals surface area contributed by atoms with E-state index >= 15 is 0 Å². The molecule has 0 aliphatic rings. The Morgan fingerprint density at radius 3 is 2.94 bits per heavy atom. The smallest absolute Gasteiger partial charge is 0.592 e. The Morgan fingerprint density at radius 1 is 1.76 bits per heavy atom. The van der Waals surface area contributed by atoms with E-state index in [1.54, 1.807) is 6.92 Å². The molecule has 0 saturated carbocycles. The molecule has 0 aliphatic carbocycles. The van der Waals surface area contributed by atoms with Crippen LogP contribution in [0.3, 0.4) is 0 Å². The van der Waals surface area contributed by atoms with Gasteiger partial charge in [-0.1, -0.05) is 0 Å². The molecule has 0 unspecified atom stereocenters. The van der Waals surface area contributed by atoms with Crippen molar-refractivity contribution in [2.45, 2.75) is 13.5 Å². The van der Waals surface area contributed by atoms with Crippen LogP contribution in [0.25, 0.3) is 0 Å². The van der Waals surface area contributed by atoms with E-state index in [2.05, 4.69) is 27.7 Å². The molecule has 0 radical (unpaired) electrons. The van der Waals surface area contributed by atoms with Gasteiger partial charge in [0.25, 0.3) is 5.75 Å². The SMILES string of the molecule is Cc1ncc(CO)c(C=NNC(N)=S)c1[OH2+].[Ni+2]. The zero-order chi connectivity index (χ0) is 12.1. The van der Waals surface area contributed by atoms with Crippen LogP contribution in [0, 0.1) is 6.92 Å². The van der Waals surface area contributed by atoms with Gasteiger partial charge >= 0.3 is 16.5 Å². The molecule has 94 valence electrons. The van der Waals surface area contributed by atoms with Gasteiger partial charge in [-0.2, -0.15) is 5.10 Å². The Morgan fingerprint density at radius 2 is 2.41 bits per heavy atom. The van der Waals surface area contributed by atoms with E-state index in [0.717, 1.165) is 0 Å². The van der Waals surface area contributed by atoms with E-state index in [0.29, 0.717) is 16.8 Å². The molecule has 1 aromatic rings. The number of aryl methyl sites for hydroxylation is 1. The largest absolute Gasteiger partial charge is 2.00 e. The van der Waals surface area contributed by atoms with E-state index in [1.165, 1.54) is 12.4 Å². The number of aliphatic hydroxyl groups is 1. The van der Waals surface area contributed by atoms with Crippen molar-refractivity contribution in [3.05, 3.63) is 23.0 Å². The first-order valence-corrected chi connectivity index (χ1v) is 4.86. The number of aliphatic hydroxyl groups excluding tert-OH is 1. The summed E-state index contributed by atoms with van der Waals surface area (Å²) in [6, 6.07) is 0. The third kappa shape index (κ3) is 4.26. The third-order valence-electron chi connectivity index (χ3n) is 1.93. The quantitative estimate of drug-likeness (QED) is 0.229. The molecule has 0 aliphatic heterocycles. The number of thiocarbonyl (C=S) groups is 1. The van der Waals surface area contributed by atoms with Crippen LogP contribution in [0.15, 0.2) is 11.3 Å². The summed E-state index contributed by atoms with van der Waals surface area (Å²) in [5.41, 5.74) is 9.17. The number of hydrogen-bond acceptors (Lipinski definition) is 4. The molecule has 1 rings (SSSR count). The maximum Gasteiger partial charge on any atom is 2.00 e. The minimum atomic E-state index is -0.201. The molecular formula is C9H13N4NiO2S+3. The summed E-state index contributed by atoms with van der Waals surface area (Å²) >= 11 is 4.58. The van der Waals surface area contributed by atoms with Gasteiger partial charge < -0.3 is 15.9 Å².